The average Bonchev–Trinajstić information content (AvgIpc) is 2.79. The van der Waals surface area contributed by atoms with Gasteiger partial charge < -0.3 is 9.47 Å². The Morgan fingerprint density at radius 3 is 2.20 bits per heavy atom. The van der Waals surface area contributed by atoms with Gasteiger partial charge in [0.2, 0.25) is 17.1 Å². The number of nitriles is 3. The van der Waals surface area contributed by atoms with E-state index in [4.69, 9.17) is 14.9 Å². The van der Waals surface area contributed by atoms with Gasteiger partial charge >= 0.3 is 0 Å². The van der Waals surface area contributed by atoms with Crippen LogP contribution in [0.2, 0.25) is 0 Å². The van der Waals surface area contributed by atoms with Crippen molar-refractivity contribution in [2.24, 2.45) is 16.7 Å². The summed E-state index contributed by atoms with van der Waals surface area (Å²) in [7, 11) is 0. The van der Waals surface area contributed by atoms with Gasteiger partial charge in [-0.15, -0.1) is 0 Å². The summed E-state index contributed by atoms with van der Waals surface area (Å²) >= 11 is 0. The highest BCUT2D eigenvalue weighted by Crippen LogP contribution is 2.66. The van der Waals surface area contributed by atoms with Crippen molar-refractivity contribution in [3.8, 4) is 18.2 Å². The van der Waals surface area contributed by atoms with Crippen molar-refractivity contribution in [2.45, 2.75) is 39.1 Å². The number of nitrogens with one attached hydrogen (secondary N) is 1. The molecule has 0 saturated carbocycles. The molecule has 2 aliphatic heterocycles. The van der Waals surface area contributed by atoms with Crippen LogP contribution in [0.15, 0.2) is 24.3 Å². The quantitative estimate of drug-likeness (QED) is 0.890. The maximum atomic E-state index is 10.00. The number of rotatable bonds is 2. The molecule has 25 heavy (non-hydrogen) atoms. The van der Waals surface area contributed by atoms with Crippen molar-refractivity contribution in [1.82, 2.24) is 0 Å². The van der Waals surface area contributed by atoms with E-state index in [1.807, 2.05) is 38.1 Å². The monoisotopic (exact) mass is 334 g/mol. The molecule has 4 atom stereocenters. The Hall–Kier alpha value is -2.88. The Labute approximate surface area is 146 Å². The fraction of sp³-hybridized carbons (Fsp3) is 0.474. The summed E-state index contributed by atoms with van der Waals surface area (Å²) in [6, 6.07) is 13.4. The Bertz CT molecular complexity index is 843. The average molecular weight is 334 g/mol. The number of hydrogen-bond acceptors (Lipinski definition) is 6. The third-order valence-electron chi connectivity index (χ3n) is 5.68. The molecule has 1 N–H and O–H groups in total. The molecule has 0 unspecified atom stereocenters. The standard InChI is InChI=1S/C19H18N4O2/c1-4-19-13(3)18(11-22,16(23)25-19)17(9-20,10-21)15(24-19)14-7-5-12(2)6-8-14/h5-8,13,15,23H,4H2,1-3H3/t13-,15-,18-,19-/m1/s1. The zero-order chi connectivity index (χ0) is 18.5. The molecule has 2 heterocycles. The van der Waals surface area contributed by atoms with Gasteiger partial charge in [0.1, 0.15) is 6.10 Å². The van der Waals surface area contributed by atoms with Crippen LogP contribution in [-0.2, 0) is 9.47 Å². The predicted molar refractivity (Wildman–Crippen MR) is 87.7 cm³/mol. The lowest BCUT2D eigenvalue weighted by Crippen LogP contribution is -2.58. The summed E-state index contributed by atoms with van der Waals surface area (Å²) in [5, 5.41) is 38.3. The Kier molecular flexibility index (Phi) is 3.60. The molecule has 2 saturated heterocycles. The van der Waals surface area contributed by atoms with Gasteiger partial charge in [-0.05, 0) is 12.5 Å². The zero-order valence-corrected chi connectivity index (χ0v) is 14.3. The van der Waals surface area contributed by atoms with E-state index in [1.54, 1.807) is 19.1 Å². The van der Waals surface area contributed by atoms with Gasteiger partial charge in [0.15, 0.2) is 5.41 Å². The van der Waals surface area contributed by atoms with Gasteiger partial charge in [-0.3, -0.25) is 5.41 Å². The maximum absolute atomic E-state index is 10.00. The minimum absolute atomic E-state index is 0.359. The lowest BCUT2D eigenvalue weighted by Gasteiger charge is -2.48. The van der Waals surface area contributed by atoms with E-state index in [1.165, 1.54) is 0 Å². The smallest absolute Gasteiger partial charge is 0.217 e. The highest BCUT2D eigenvalue weighted by Gasteiger charge is 2.78. The first-order valence-corrected chi connectivity index (χ1v) is 8.13. The zero-order valence-electron chi connectivity index (χ0n) is 14.3. The van der Waals surface area contributed by atoms with Crippen LogP contribution in [-0.4, -0.2) is 11.7 Å². The Morgan fingerprint density at radius 1 is 1.12 bits per heavy atom. The number of fused-ring (bicyclic) bond motifs is 2. The normalized spacial score (nSPS) is 35.1. The van der Waals surface area contributed by atoms with E-state index in [0.29, 0.717) is 12.0 Å². The van der Waals surface area contributed by atoms with Gasteiger partial charge in [0.25, 0.3) is 0 Å². The minimum atomic E-state index is -1.87. The van der Waals surface area contributed by atoms with Gasteiger partial charge in [-0.25, -0.2) is 0 Å². The SMILES string of the molecule is CC[C@@]12OC(=N)[C@@](C#N)([C@H]1C)C(C#N)(C#N)[C@@H](c1ccc(C)cc1)O2. The van der Waals surface area contributed by atoms with E-state index < -0.39 is 28.6 Å². The molecule has 6 heteroatoms. The summed E-state index contributed by atoms with van der Waals surface area (Å²) in [4.78, 5) is 0. The topological polar surface area (TPSA) is 114 Å². The summed E-state index contributed by atoms with van der Waals surface area (Å²) in [5.74, 6) is -2.18. The molecule has 6 nitrogen and oxygen atoms in total. The first-order valence-electron chi connectivity index (χ1n) is 8.13. The van der Waals surface area contributed by atoms with Crippen LogP contribution in [0.5, 0.6) is 0 Å². The van der Waals surface area contributed by atoms with Crippen molar-refractivity contribution < 1.29 is 9.47 Å². The largest absolute Gasteiger partial charge is 0.447 e. The highest BCUT2D eigenvalue weighted by atomic mass is 16.7. The second kappa shape index (κ2) is 5.31. The van der Waals surface area contributed by atoms with Crippen LogP contribution < -0.4 is 0 Å². The first kappa shape index (κ1) is 17.0. The van der Waals surface area contributed by atoms with E-state index in [2.05, 4.69) is 6.07 Å². The highest BCUT2D eigenvalue weighted by molar-refractivity contribution is 5.89. The van der Waals surface area contributed by atoms with E-state index in [9.17, 15) is 15.8 Å². The van der Waals surface area contributed by atoms with Crippen LogP contribution in [0.25, 0.3) is 0 Å². The van der Waals surface area contributed by atoms with Crippen molar-refractivity contribution >= 4 is 5.90 Å². The molecule has 0 amide bonds. The van der Waals surface area contributed by atoms with Crippen LogP contribution in [0.1, 0.15) is 37.5 Å². The summed E-state index contributed by atoms with van der Waals surface area (Å²) in [5.41, 5.74) is -1.90. The van der Waals surface area contributed by atoms with Crippen molar-refractivity contribution in [1.29, 1.82) is 21.2 Å². The first-order chi connectivity index (χ1) is 11.9. The van der Waals surface area contributed by atoms with Gasteiger partial charge in [0.05, 0.1) is 24.1 Å². The Balaban J connectivity index is 2.32. The maximum Gasteiger partial charge on any atom is 0.217 e. The second-order valence-electron chi connectivity index (χ2n) is 6.68. The van der Waals surface area contributed by atoms with Crippen molar-refractivity contribution in [3.05, 3.63) is 35.4 Å². The number of aryl methyl sites for hydroxylation is 1. The summed E-state index contributed by atoms with van der Waals surface area (Å²) < 4.78 is 11.9. The van der Waals surface area contributed by atoms with Crippen molar-refractivity contribution in [3.63, 3.8) is 0 Å². The fourth-order valence-electron chi connectivity index (χ4n) is 4.08. The molecule has 2 aliphatic rings. The molecule has 1 aromatic carbocycles. The molecule has 0 spiro atoms. The van der Waals surface area contributed by atoms with E-state index in [-0.39, 0.29) is 5.90 Å². The van der Waals surface area contributed by atoms with Gasteiger partial charge in [0, 0.05) is 6.42 Å². The van der Waals surface area contributed by atoms with Crippen LogP contribution in [0, 0.1) is 63.1 Å². The Morgan fingerprint density at radius 2 is 1.72 bits per heavy atom. The summed E-state index contributed by atoms with van der Waals surface area (Å²) in [6.07, 6.45) is -0.586. The molecule has 0 radical (unpaired) electrons. The lowest BCUT2D eigenvalue weighted by molar-refractivity contribution is -0.280. The fourth-order valence-corrected chi connectivity index (χ4v) is 4.08. The molecular formula is C19H18N4O2. The van der Waals surface area contributed by atoms with Crippen LogP contribution >= 0.6 is 0 Å². The number of ether oxygens (including phenoxy) is 2. The number of nitrogens with zero attached hydrogens (tertiary/aromatic N) is 3. The molecule has 3 rings (SSSR count). The van der Waals surface area contributed by atoms with E-state index >= 15 is 0 Å². The predicted octanol–water partition coefficient (Wildman–Crippen LogP) is 3.36. The van der Waals surface area contributed by atoms with Crippen molar-refractivity contribution in [2.75, 3.05) is 0 Å². The second-order valence-corrected chi connectivity index (χ2v) is 6.68. The third kappa shape index (κ3) is 1.77. The van der Waals surface area contributed by atoms with Gasteiger partial charge in [-0.1, -0.05) is 43.7 Å². The lowest BCUT2D eigenvalue weighted by atomic mass is 9.53. The molecule has 2 bridgehead atoms. The molecular weight excluding hydrogens is 316 g/mol. The van der Waals surface area contributed by atoms with Gasteiger partial charge in [-0.2, -0.15) is 15.8 Å². The molecule has 1 aromatic rings. The number of benzene rings is 1. The molecule has 0 aromatic heterocycles. The summed E-state index contributed by atoms with van der Waals surface area (Å²) in [6.45, 7) is 5.49. The van der Waals surface area contributed by atoms with Crippen LogP contribution in [0.4, 0.5) is 0 Å². The molecule has 0 aliphatic carbocycles. The minimum Gasteiger partial charge on any atom is -0.447 e. The van der Waals surface area contributed by atoms with E-state index in [0.717, 1.165) is 5.56 Å². The van der Waals surface area contributed by atoms with Crippen LogP contribution in [0.3, 0.4) is 0 Å². The third-order valence-corrected chi connectivity index (χ3v) is 5.68. The molecule has 126 valence electrons. The molecule has 2 fully saturated rings. The number of hydrogen-bond donors (Lipinski definition) is 1.